The van der Waals surface area contributed by atoms with Crippen molar-refractivity contribution in [2.75, 3.05) is 12.0 Å². The summed E-state index contributed by atoms with van der Waals surface area (Å²) in [6.45, 7) is 0. The van der Waals surface area contributed by atoms with Gasteiger partial charge in [0.2, 0.25) is 0 Å². The Labute approximate surface area is 95.9 Å². The van der Waals surface area contributed by atoms with Crippen molar-refractivity contribution < 1.29 is 5.11 Å². The van der Waals surface area contributed by atoms with E-state index in [4.69, 9.17) is 0 Å². The zero-order valence-corrected chi connectivity index (χ0v) is 9.96. The molecule has 15 heavy (non-hydrogen) atoms. The number of thioether (sulfide) groups is 1. The summed E-state index contributed by atoms with van der Waals surface area (Å²) in [5.74, 6) is 1.66. The second-order valence-electron chi connectivity index (χ2n) is 4.24. The van der Waals surface area contributed by atoms with Crippen molar-refractivity contribution in [2.45, 2.75) is 25.4 Å². The maximum atomic E-state index is 10.1. The van der Waals surface area contributed by atoms with Crippen LogP contribution < -0.4 is 0 Å². The molecule has 0 aliphatic heterocycles. The van der Waals surface area contributed by atoms with Gasteiger partial charge < -0.3 is 5.11 Å². The molecule has 0 spiro atoms. The van der Waals surface area contributed by atoms with E-state index in [1.165, 1.54) is 17.7 Å². The third-order valence-electron chi connectivity index (χ3n) is 3.23. The summed E-state index contributed by atoms with van der Waals surface area (Å²) < 4.78 is 0. The Morgan fingerprint density at radius 1 is 1.40 bits per heavy atom. The lowest BCUT2D eigenvalue weighted by Gasteiger charge is -2.14. The molecular weight excluding hydrogens is 204 g/mol. The zero-order chi connectivity index (χ0) is 10.7. The van der Waals surface area contributed by atoms with E-state index in [0.29, 0.717) is 5.92 Å². The average molecular weight is 222 g/mol. The van der Waals surface area contributed by atoms with Crippen LogP contribution in [0.15, 0.2) is 24.3 Å². The lowest BCUT2D eigenvalue weighted by molar-refractivity contribution is 0.118. The van der Waals surface area contributed by atoms with Crippen molar-refractivity contribution in [1.82, 2.24) is 0 Å². The summed E-state index contributed by atoms with van der Waals surface area (Å²) in [5, 5.41) is 10.1. The fourth-order valence-electron chi connectivity index (χ4n) is 2.41. The largest absolute Gasteiger partial charge is 0.388 e. The van der Waals surface area contributed by atoms with Crippen LogP contribution in [0.25, 0.3) is 0 Å². The third kappa shape index (κ3) is 2.37. The Kier molecular flexibility index (Phi) is 3.71. The molecule has 0 aromatic heterocycles. The number of hydrogen-bond donors (Lipinski definition) is 1. The fourth-order valence-corrected chi connectivity index (χ4v) is 2.86. The standard InChI is InChI=1S/C13H18OS/c1-15-8-4-6-11-9-10-5-2-3-7-12(10)13(11)14/h2-3,5,7,11,13-14H,4,6,8-9H2,1H3. The summed E-state index contributed by atoms with van der Waals surface area (Å²) in [6.07, 6.45) is 5.35. The fraction of sp³-hybridized carbons (Fsp3) is 0.538. The van der Waals surface area contributed by atoms with Crippen LogP contribution in [0.5, 0.6) is 0 Å². The molecule has 0 bridgehead atoms. The first-order chi connectivity index (χ1) is 7.33. The van der Waals surface area contributed by atoms with Gasteiger partial charge in [0.1, 0.15) is 0 Å². The van der Waals surface area contributed by atoms with Gasteiger partial charge in [0.25, 0.3) is 0 Å². The Morgan fingerprint density at radius 3 is 2.93 bits per heavy atom. The lowest BCUT2D eigenvalue weighted by atomic mass is 9.98. The minimum Gasteiger partial charge on any atom is -0.388 e. The number of aliphatic hydroxyl groups is 1. The monoisotopic (exact) mass is 222 g/mol. The van der Waals surface area contributed by atoms with Crippen molar-refractivity contribution in [1.29, 1.82) is 0 Å². The quantitative estimate of drug-likeness (QED) is 0.790. The number of benzene rings is 1. The molecule has 2 atom stereocenters. The first-order valence-corrected chi connectivity index (χ1v) is 6.97. The molecule has 0 amide bonds. The summed E-state index contributed by atoms with van der Waals surface area (Å²) >= 11 is 1.89. The molecule has 0 heterocycles. The number of aliphatic hydroxyl groups excluding tert-OH is 1. The summed E-state index contributed by atoms with van der Waals surface area (Å²) in [6, 6.07) is 8.30. The van der Waals surface area contributed by atoms with Gasteiger partial charge in [0.15, 0.2) is 0 Å². The van der Waals surface area contributed by atoms with Crippen molar-refractivity contribution in [2.24, 2.45) is 5.92 Å². The zero-order valence-electron chi connectivity index (χ0n) is 9.15. The van der Waals surface area contributed by atoms with Crippen LogP contribution in [0.1, 0.15) is 30.1 Å². The van der Waals surface area contributed by atoms with Gasteiger partial charge in [-0.1, -0.05) is 24.3 Å². The van der Waals surface area contributed by atoms with Crippen molar-refractivity contribution in [3.05, 3.63) is 35.4 Å². The molecule has 1 aliphatic rings. The molecular formula is C13H18OS. The van der Waals surface area contributed by atoms with Gasteiger partial charge >= 0.3 is 0 Å². The highest BCUT2D eigenvalue weighted by atomic mass is 32.2. The maximum absolute atomic E-state index is 10.1. The van der Waals surface area contributed by atoms with E-state index in [0.717, 1.165) is 18.4 Å². The number of fused-ring (bicyclic) bond motifs is 1. The van der Waals surface area contributed by atoms with Gasteiger partial charge in [-0.25, -0.2) is 0 Å². The normalized spacial score (nSPS) is 24.1. The second kappa shape index (κ2) is 5.04. The highest BCUT2D eigenvalue weighted by Gasteiger charge is 2.29. The number of hydrogen-bond acceptors (Lipinski definition) is 2. The van der Waals surface area contributed by atoms with Crippen molar-refractivity contribution >= 4 is 11.8 Å². The van der Waals surface area contributed by atoms with Crippen molar-refractivity contribution in [3.8, 4) is 0 Å². The Hall–Kier alpha value is -0.470. The SMILES string of the molecule is CSCCCC1Cc2ccccc2C1O. The first kappa shape index (κ1) is 11.0. The smallest absolute Gasteiger partial charge is 0.0824 e. The molecule has 82 valence electrons. The topological polar surface area (TPSA) is 20.2 Å². The minimum atomic E-state index is -0.219. The summed E-state index contributed by atoms with van der Waals surface area (Å²) in [4.78, 5) is 0. The van der Waals surface area contributed by atoms with Gasteiger partial charge in [-0.3, -0.25) is 0 Å². The molecule has 0 saturated carbocycles. The van der Waals surface area contributed by atoms with Crippen LogP contribution >= 0.6 is 11.8 Å². The molecule has 2 heteroatoms. The average Bonchev–Trinajstić information content (AvgIpc) is 2.57. The van der Waals surface area contributed by atoms with Crippen LogP contribution in [-0.4, -0.2) is 17.1 Å². The molecule has 0 saturated heterocycles. The van der Waals surface area contributed by atoms with Crippen LogP contribution in [0.2, 0.25) is 0 Å². The highest BCUT2D eigenvalue weighted by molar-refractivity contribution is 7.98. The summed E-state index contributed by atoms with van der Waals surface area (Å²) in [5.41, 5.74) is 2.51. The van der Waals surface area contributed by atoms with Gasteiger partial charge in [-0.2, -0.15) is 11.8 Å². The van der Waals surface area contributed by atoms with Crippen LogP contribution in [0, 0.1) is 5.92 Å². The highest BCUT2D eigenvalue weighted by Crippen LogP contribution is 2.38. The van der Waals surface area contributed by atoms with E-state index in [2.05, 4.69) is 24.5 Å². The predicted molar refractivity (Wildman–Crippen MR) is 66.2 cm³/mol. The van der Waals surface area contributed by atoms with Gasteiger partial charge in [0.05, 0.1) is 6.10 Å². The van der Waals surface area contributed by atoms with Gasteiger partial charge in [-0.05, 0) is 48.3 Å². The number of rotatable bonds is 4. The molecule has 2 rings (SSSR count). The first-order valence-electron chi connectivity index (χ1n) is 5.57. The molecule has 1 aromatic carbocycles. The molecule has 1 nitrogen and oxygen atoms in total. The molecule has 2 unspecified atom stereocenters. The third-order valence-corrected chi connectivity index (χ3v) is 3.92. The van der Waals surface area contributed by atoms with E-state index in [9.17, 15) is 5.11 Å². The van der Waals surface area contributed by atoms with E-state index in [1.54, 1.807) is 0 Å². The Morgan fingerprint density at radius 2 is 2.20 bits per heavy atom. The maximum Gasteiger partial charge on any atom is 0.0824 e. The molecule has 1 aliphatic carbocycles. The second-order valence-corrected chi connectivity index (χ2v) is 5.23. The van der Waals surface area contributed by atoms with E-state index < -0.39 is 0 Å². The Bertz CT molecular complexity index is 324. The van der Waals surface area contributed by atoms with Crippen molar-refractivity contribution in [3.63, 3.8) is 0 Å². The molecule has 1 aromatic rings. The lowest BCUT2D eigenvalue weighted by Crippen LogP contribution is -2.07. The molecule has 0 radical (unpaired) electrons. The van der Waals surface area contributed by atoms with E-state index in [1.807, 2.05) is 17.8 Å². The van der Waals surface area contributed by atoms with Gasteiger partial charge in [0, 0.05) is 0 Å². The molecule has 1 N–H and O–H groups in total. The van der Waals surface area contributed by atoms with E-state index >= 15 is 0 Å². The minimum absolute atomic E-state index is 0.219. The predicted octanol–water partition coefficient (Wildman–Crippen LogP) is 3.04. The van der Waals surface area contributed by atoms with Crippen LogP contribution in [-0.2, 0) is 6.42 Å². The van der Waals surface area contributed by atoms with Crippen LogP contribution in [0.4, 0.5) is 0 Å². The summed E-state index contributed by atoms with van der Waals surface area (Å²) in [7, 11) is 0. The van der Waals surface area contributed by atoms with E-state index in [-0.39, 0.29) is 6.10 Å². The molecule has 0 fully saturated rings. The van der Waals surface area contributed by atoms with Crippen LogP contribution in [0.3, 0.4) is 0 Å². The van der Waals surface area contributed by atoms with Gasteiger partial charge in [-0.15, -0.1) is 0 Å². The Balaban J connectivity index is 1.97.